The number of aromatic nitrogens is 1. The number of para-hydroxylation sites is 1. The van der Waals surface area contributed by atoms with Gasteiger partial charge in [0.1, 0.15) is 5.52 Å². The molecule has 0 unspecified atom stereocenters. The van der Waals surface area contributed by atoms with Crippen molar-refractivity contribution in [2.24, 2.45) is 0 Å². The zero-order chi connectivity index (χ0) is 8.72. The van der Waals surface area contributed by atoms with Gasteiger partial charge in [0.05, 0.1) is 0 Å². The van der Waals surface area contributed by atoms with E-state index in [0.29, 0.717) is 11.1 Å². The fourth-order valence-corrected chi connectivity index (χ4v) is 1.64. The van der Waals surface area contributed by atoms with Crippen LogP contribution in [0.2, 0.25) is 0 Å². The van der Waals surface area contributed by atoms with Gasteiger partial charge in [0.2, 0.25) is 0 Å². The fourth-order valence-electron chi connectivity index (χ4n) is 1.08. The molecule has 0 aliphatic heterocycles. The summed E-state index contributed by atoms with van der Waals surface area (Å²) in [5.74, 6) is -0.447. The standard InChI is InChI=1S/C8H5BrNO2/c1-10-7-5(9)3-2-4-6(7)12-8(10)11/h2-4H,1H2. The first-order chi connectivity index (χ1) is 5.70. The third-order valence-corrected chi connectivity index (χ3v) is 2.28. The van der Waals surface area contributed by atoms with Gasteiger partial charge < -0.3 is 4.42 Å². The highest BCUT2D eigenvalue weighted by Crippen LogP contribution is 2.21. The molecule has 4 heteroatoms. The lowest BCUT2D eigenvalue weighted by Gasteiger charge is -1.92. The number of hydrogen-bond donors (Lipinski definition) is 0. The van der Waals surface area contributed by atoms with Crippen LogP contribution in [0.15, 0.2) is 31.9 Å². The Morgan fingerprint density at radius 3 is 2.92 bits per heavy atom. The van der Waals surface area contributed by atoms with Gasteiger partial charge in [-0.1, -0.05) is 6.07 Å². The van der Waals surface area contributed by atoms with Crippen LogP contribution in [0, 0.1) is 7.05 Å². The second-order valence-electron chi connectivity index (χ2n) is 2.38. The summed E-state index contributed by atoms with van der Waals surface area (Å²) in [5, 5.41) is 0. The lowest BCUT2D eigenvalue weighted by molar-refractivity contribution is 0.539. The van der Waals surface area contributed by atoms with Gasteiger partial charge in [-0.3, -0.25) is 4.57 Å². The summed E-state index contributed by atoms with van der Waals surface area (Å²) in [7, 11) is 3.55. The minimum Gasteiger partial charge on any atom is -0.408 e. The fraction of sp³-hybridized carbons (Fsp3) is 0. The Bertz CT molecular complexity index is 483. The summed E-state index contributed by atoms with van der Waals surface area (Å²) in [6, 6.07) is 5.36. The second kappa shape index (κ2) is 2.48. The van der Waals surface area contributed by atoms with Crippen molar-refractivity contribution in [2.45, 2.75) is 0 Å². The molecule has 2 aromatic rings. The molecular weight excluding hydrogens is 222 g/mol. The Kier molecular flexibility index (Phi) is 1.58. The molecule has 1 heterocycles. The van der Waals surface area contributed by atoms with Gasteiger partial charge in [-0.05, 0) is 28.1 Å². The van der Waals surface area contributed by atoms with Crippen molar-refractivity contribution in [3.8, 4) is 0 Å². The molecule has 0 spiro atoms. The molecular formula is C8H5BrNO2. The number of halogens is 1. The van der Waals surface area contributed by atoms with Crippen molar-refractivity contribution in [3.63, 3.8) is 0 Å². The third kappa shape index (κ3) is 0.914. The highest BCUT2D eigenvalue weighted by molar-refractivity contribution is 9.10. The van der Waals surface area contributed by atoms with Crippen molar-refractivity contribution in [2.75, 3.05) is 0 Å². The predicted molar refractivity (Wildman–Crippen MR) is 48.9 cm³/mol. The molecule has 1 radical (unpaired) electrons. The topological polar surface area (TPSA) is 35.1 Å². The van der Waals surface area contributed by atoms with Crippen LogP contribution in [0.5, 0.6) is 0 Å². The first kappa shape index (κ1) is 7.61. The molecule has 2 rings (SSSR count). The lowest BCUT2D eigenvalue weighted by Crippen LogP contribution is -2.06. The Balaban J connectivity index is 3.07. The van der Waals surface area contributed by atoms with Crippen molar-refractivity contribution in [1.29, 1.82) is 0 Å². The highest BCUT2D eigenvalue weighted by atomic mass is 79.9. The van der Waals surface area contributed by atoms with E-state index in [1.807, 2.05) is 6.07 Å². The molecule has 1 aromatic carbocycles. The van der Waals surface area contributed by atoms with E-state index in [-0.39, 0.29) is 0 Å². The van der Waals surface area contributed by atoms with Crippen molar-refractivity contribution < 1.29 is 4.42 Å². The Hall–Kier alpha value is -1.03. The van der Waals surface area contributed by atoms with E-state index >= 15 is 0 Å². The monoisotopic (exact) mass is 226 g/mol. The summed E-state index contributed by atoms with van der Waals surface area (Å²) < 4.78 is 6.92. The van der Waals surface area contributed by atoms with E-state index in [1.54, 1.807) is 12.1 Å². The van der Waals surface area contributed by atoms with Crippen LogP contribution in [-0.2, 0) is 0 Å². The van der Waals surface area contributed by atoms with Gasteiger partial charge in [0.15, 0.2) is 5.58 Å². The Morgan fingerprint density at radius 1 is 1.50 bits per heavy atom. The third-order valence-electron chi connectivity index (χ3n) is 1.64. The molecule has 0 N–H and O–H groups in total. The minimum absolute atomic E-state index is 0.447. The number of oxazole rings is 1. The van der Waals surface area contributed by atoms with Gasteiger partial charge in [0.25, 0.3) is 0 Å². The molecule has 3 nitrogen and oxygen atoms in total. The SMILES string of the molecule is [CH2]n1c(=O)oc2cccc(Br)c21. The molecule has 0 aliphatic carbocycles. The summed E-state index contributed by atoms with van der Waals surface area (Å²) in [6.45, 7) is 0. The van der Waals surface area contributed by atoms with Crippen LogP contribution >= 0.6 is 15.9 Å². The second-order valence-corrected chi connectivity index (χ2v) is 3.24. The normalized spacial score (nSPS) is 10.8. The van der Waals surface area contributed by atoms with Crippen molar-refractivity contribution in [1.82, 2.24) is 4.57 Å². The number of nitrogens with zero attached hydrogens (tertiary/aromatic N) is 1. The van der Waals surface area contributed by atoms with Gasteiger partial charge in [-0.25, -0.2) is 4.79 Å². The van der Waals surface area contributed by atoms with Crippen LogP contribution in [0.1, 0.15) is 0 Å². The lowest BCUT2D eigenvalue weighted by atomic mass is 10.3. The molecule has 0 fully saturated rings. The van der Waals surface area contributed by atoms with Crippen LogP contribution in [0.25, 0.3) is 11.1 Å². The average Bonchev–Trinajstić information content (AvgIpc) is 2.29. The van der Waals surface area contributed by atoms with Crippen LogP contribution < -0.4 is 5.76 Å². The van der Waals surface area contributed by atoms with E-state index in [4.69, 9.17) is 4.42 Å². The van der Waals surface area contributed by atoms with Gasteiger partial charge in [0, 0.05) is 11.5 Å². The van der Waals surface area contributed by atoms with Crippen LogP contribution in [0.3, 0.4) is 0 Å². The van der Waals surface area contributed by atoms with E-state index in [2.05, 4.69) is 23.0 Å². The van der Waals surface area contributed by atoms with E-state index in [0.717, 1.165) is 4.47 Å². The van der Waals surface area contributed by atoms with E-state index in [1.165, 1.54) is 4.57 Å². The molecule has 1 aromatic heterocycles. The molecule has 61 valence electrons. The molecule has 0 saturated heterocycles. The van der Waals surface area contributed by atoms with Crippen molar-refractivity contribution in [3.05, 3.63) is 40.3 Å². The number of benzene rings is 1. The molecule has 0 atom stereocenters. The first-order valence-electron chi connectivity index (χ1n) is 3.31. The number of rotatable bonds is 0. The summed E-state index contributed by atoms with van der Waals surface area (Å²) in [6.07, 6.45) is 0. The molecule has 0 aliphatic rings. The molecule has 12 heavy (non-hydrogen) atoms. The van der Waals surface area contributed by atoms with Crippen LogP contribution in [0.4, 0.5) is 0 Å². The zero-order valence-corrected chi connectivity index (χ0v) is 7.67. The van der Waals surface area contributed by atoms with Crippen LogP contribution in [-0.4, -0.2) is 4.57 Å². The average molecular weight is 227 g/mol. The number of fused-ring (bicyclic) bond motifs is 1. The summed E-state index contributed by atoms with van der Waals surface area (Å²) >= 11 is 3.30. The Labute approximate surface area is 76.7 Å². The molecule has 0 bridgehead atoms. The maximum absolute atomic E-state index is 11.0. The molecule has 0 saturated carbocycles. The smallest absolute Gasteiger partial charge is 0.408 e. The predicted octanol–water partition coefficient (Wildman–Crippen LogP) is 2.00. The summed E-state index contributed by atoms with van der Waals surface area (Å²) in [5.41, 5.74) is 1.23. The highest BCUT2D eigenvalue weighted by Gasteiger charge is 2.07. The van der Waals surface area contributed by atoms with E-state index in [9.17, 15) is 4.79 Å². The van der Waals surface area contributed by atoms with E-state index < -0.39 is 5.76 Å². The van der Waals surface area contributed by atoms with Gasteiger partial charge >= 0.3 is 5.76 Å². The number of hydrogen-bond acceptors (Lipinski definition) is 2. The minimum atomic E-state index is -0.447. The molecule has 0 amide bonds. The maximum atomic E-state index is 11.0. The Morgan fingerprint density at radius 2 is 2.25 bits per heavy atom. The summed E-state index contributed by atoms with van der Waals surface area (Å²) in [4.78, 5) is 11.0. The first-order valence-corrected chi connectivity index (χ1v) is 4.10. The van der Waals surface area contributed by atoms with Crippen molar-refractivity contribution >= 4 is 27.0 Å². The largest absolute Gasteiger partial charge is 0.420 e. The quantitative estimate of drug-likeness (QED) is 0.689. The van der Waals surface area contributed by atoms with Gasteiger partial charge in [-0.2, -0.15) is 0 Å². The maximum Gasteiger partial charge on any atom is 0.420 e. The zero-order valence-electron chi connectivity index (χ0n) is 6.08. The van der Waals surface area contributed by atoms with Gasteiger partial charge in [-0.15, -0.1) is 0 Å².